The highest BCUT2D eigenvalue weighted by molar-refractivity contribution is 5.93. The predicted molar refractivity (Wildman–Crippen MR) is 74.5 cm³/mol. The van der Waals surface area contributed by atoms with Gasteiger partial charge in [0.2, 0.25) is 5.91 Å². The van der Waals surface area contributed by atoms with E-state index in [0.29, 0.717) is 0 Å². The van der Waals surface area contributed by atoms with Crippen LogP contribution in [0.3, 0.4) is 0 Å². The molecule has 2 rings (SSSR count). The maximum atomic E-state index is 12.0. The Bertz CT molecular complexity index is 470. The minimum Gasteiger partial charge on any atom is -0.324 e. The standard InChI is InChI=1S/C15H22N2O/c1-5-13-10(3)15(16)12-8-9(2)6-7-14(12)17(13)11(4)18/h6-8,10,13,15H,5,16H2,1-4H3/t10?,13-,15+/m0/s1. The fraction of sp³-hybridized carbons (Fsp3) is 0.533. The summed E-state index contributed by atoms with van der Waals surface area (Å²) in [5.74, 6) is 0.388. The van der Waals surface area contributed by atoms with E-state index in [9.17, 15) is 4.79 Å². The fourth-order valence-electron chi connectivity index (χ4n) is 3.05. The molecule has 0 aliphatic carbocycles. The van der Waals surface area contributed by atoms with E-state index in [1.807, 2.05) is 17.0 Å². The maximum Gasteiger partial charge on any atom is 0.224 e. The van der Waals surface area contributed by atoms with Crippen molar-refractivity contribution in [3.63, 3.8) is 0 Å². The van der Waals surface area contributed by atoms with Gasteiger partial charge in [0.05, 0.1) is 0 Å². The molecule has 3 atom stereocenters. The molecule has 1 aromatic carbocycles. The zero-order valence-electron chi connectivity index (χ0n) is 11.6. The molecule has 1 heterocycles. The number of carbonyl (C=O) groups is 1. The number of amides is 1. The number of hydrogen-bond donors (Lipinski definition) is 1. The van der Waals surface area contributed by atoms with E-state index in [-0.39, 0.29) is 23.9 Å². The number of carbonyl (C=O) groups excluding carboxylic acids is 1. The summed E-state index contributed by atoms with van der Waals surface area (Å²) in [6.07, 6.45) is 0.932. The van der Waals surface area contributed by atoms with Gasteiger partial charge in [-0.1, -0.05) is 31.5 Å². The van der Waals surface area contributed by atoms with Crippen LogP contribution in [-0.4, -0.2) is 11.9 Å². The van der Waals surface area contributed by atoms with Gasteiger partial charge >= 0.3 is 0 Å². The lowest BCUT2D eigenvalue weighted by Gasteiger charge is -2.43. The summed E-state index contributed by atoms with van der Waals surface area (Å²) < 4.78 is 0. The summed E-state index contributed by atoms with van der Waals surface area (Å²) in [7, 11) is 0. The van der Waals surface area contributed by atoms with Crippen molar-refractivity contribution in [3.05, 3.63) is 29.3 Å². The minimum atomic E-state index is 0.0143. The van der Waals surface area contributed by atoms with Gasteiger partial charge in [-0.05, 0) is 30.9 Å². The molecule has 98 valence electrons. The molecule has 0 aromatic heterocycles. The first-order valence-corrected chi connectivity index (χ1v) is 6.63. The molecule has 0 fully saturated rings. The molecule has 0 saturated heterocycles. The second-order valence-corrected chi connectivity index (χ2v) is 5.31. The van der Waals surface area contributed by atoms with Crippen molar-refractivity contribution < 1.29 is 4.79 Å². The summed E-state index contributed by atoms with van der Waals surface area (Å²) >= 11 is 0. The van der Waals surface area contributed by atoms with Crippen molar-refractivity contribution in [2.45, 2.75) is 46.2 Å². The Morgan fingerprint density at radius 3 is 2.67 bits per heavy atom. The lowest BCUT2D eigenvalue weighted by atomic mass is 9.81. The normalized spacial score (nSPS) is 26.9. The van der Waals surface area contributed by atoms with E-state index in [1.54, 1.807) is 6.92 Å². The van der Waals surface area contributed by atoms with Gasteiger partial charge in [0.15, 0.2) is 0 Å². The van der Waals surface area contributed by atoms with Crippen LogP contribution < -0.4 is 10.6 Å². The molecule has 18 heavy (non-hydrogen) atoms. The van der Waals surface area contributed by atoms with E-state index >= 15 is 0 Å². The molecule has 1 aliphatic rings. The van der Waals surface area contributed by atoms with Crippen LogP contribution in [0.2, 0.25) is 0 Å². The topological polar surface area (TPSA) is 46.3 Å². The average molecular weight is 246 g/mol. The van der Waals surface area contributed by atoms with Crippen LogP contribution in [0.1, 0.15) is 44.4 Å². The Kier molecular flexibility index (Phi) is 3.44. The third kappa shape index (κ3) is 1.93. The van der Waals surface area contributed by atoms with Crippen LogP contribution in [0.15, 0.2) is 18.2 Å². The zero-order valence-corrected chi connectivity index (χ0v) is 11.6. The molecule has 1 amide bonds. The lowest BCUT2D eigenvalue weighted by molar-refractivity contribution is -0.117. The van der Waals surface area contributed by atoms with E-state index < -0.39 is 0 Å². The maximum absolute atomic E-state index is 12.0. The van der Waals surface area contributed by atoms with Gasteiger partial charge in [-0.2, -0.15) is 0 Å². The number of nitrogens with two attached hydrogens (primary N) is 1. The van der Waals surface area contributed by atoms with Gasteiger partial charge < -0.3 is 10.6 Å². The van der Waals surface area contributed by atoms with Crippen molar-refractivity contribution in [2.24, 2.45) is 11.7 Å². The number of rotatable bonds is 1. The molecule has 0 saturated carbocycles. The Balaban J connectivity index is 2.59. The average Bonchev–Trinajstić information content (AvgIpc) is 2.33. The van der Waals surface area contributed by atoms with Crippen LogP contribution in [-0.2, 0) is 4.79 Å². The second kappa shape index (κ2) is 4.73. The van der Waals surface area contributed by atoms with Crippen molar-refractivity contribution in [3.8, 4) is 0 Å². The van der Waals surface area contributed by atoms with Crippen LogP contribution in [0.4, 0.5) is 5.69 Å². The van der Waals surface area contributed by atoms with Gasteiger partial charge in [0.25, 0.3) is 0 Å². The molecule has 0 radical (unpaired) electrons. The van der Waals surface area contributed by atoms with E-state index in [2.05, 4.69) is 26.8 Å². The number of nitrogens with zero attached hydrogens (tertiary/aromatic N) is 1. The van der Waals surface area contributed by atoms with Gasteiger partial charge in [-0.25, -0.2) is 0 Å². The number of aryl methyl sites for hydroxylation is 1. The quantitative estimate of drug-likeness (QED) is 0.828. The molecular weight excluding hydrogens is 224 g/mol. The number of anilines is 1. The zero-order chi connectivity index (χ0) is 13.4. The Morgan fingerprint density at radius 2 is 2.11 bits per heavy atom. The number of hydrogen-bond acceptors (Lipinski definition) is 2. The third-order valence-electron chi connectivity index (χ3n) is 4.06. The molecule has 0 spiro atoms. The van der Waals surface area contributed by atoms with Crippen LogP contribution >= 0.6 is 0 Å². The summed E-state index contributed by atoms with van der Waals surface area (Å²) in [6.45, 7) is 7.95. The van der Waals surface area contributed by atoms with Crippen LogP contribution in [0.25, 0.3) is 0 Å². The predicted octanol–water partition coefficient (Wildman–Crippen LogP) is 2.78. The highest BCUT2D eigenvalue weighted by Crippen LogP contribution is 2.40. The second-order valence-electron chi connectivity index (χ2n) is 5.31. The monoisotopic (exact) mass is 246 g/mol. The summed E-state index contributed by atoms with van der Waals surface area (Å²) in [5, 5.41) is 0. The Hall–Kier alpha value is -1.35. The smallest absolute Gasteiger partial charge is 0.224 e. The molecular formula is C15H22N2O. The Labute approximate surface area is 109 Å². The molecule has 3 heteroatoms. The van der Waals surface area contributed by atoms with E-state index in [0.717, 1.165) is 17.7 Å². The highest BCUT2D eigenvalue weighted by Gasteiger charge is 2.37. The largest absolute Gasteiger partial charge is 0.324 e. The first-order chi connectivity index (χ1) is 8.47. The van der Waals surface area contributed by atoms with Gasteiger partial charge in [0, 0.05) is 24.7 Å². The molecule has 3 nitrogen and oxygen atoms in total. The molecule has 2 N–H and O–H groups in total. The summed E-state index contributed by atoms with van der Waals surface area (Å²) in [5.41, 5.74) is 9.63. The summed E-state index contributed by atoms with van der Waals surface area (Å²) in [6, 6.07) is 6.40. The fourth-order valence-corrected chi connectivity index (χ4v) is 3.05. The van der Waals surface area contributed by atoms with Crippen molar-refractivity contribution in [2.75, 3.05) is 4.90 Å². The summed E-state index contributed by atoms with van der Waals surface area (Å²) in [4.78, 5) is 13.9. The van der Waals surface area contributed by atoms with Crippen molar-refractivity contribution >= 4 is 11.6 Å². The Morgan fingerprint density at radius 1 is 1.44 bits per heavy atom. The molecule has 1 aliphatic heterocycles. The van der Waals surface area contributed by atoms with E-state index in [4.69, 9.17) is 5.73 Å². The number of benzene rings is 1. The van der Waals surface area contributed by atoms with Crippen LogP contribution in [0.5, 0.6) is 0 Å². The van der Waals surface area contributed by atoms with Crippen LogP contribution in [0, 0.1) is 12.8 Å². The van der Waals surface area contributed by atoms with Gasteiger partial charge in [-0.15, -0.1) is 0 Å². The van der Waals surface area contributed by atoms with Crippen molar-refractivity contribution in [1.29, 1.82) is 0 Å². The lowest BCUT2D eigenvalue weighted by Crippen LogP contribution is -2.50. The highest BCUT2D eigenvalue weighted by atomic mass is 16.2. The minimum absolute atomic E-state index is 0.0143. The molecule has 0 bridgehead atoms. The van der Waals surface area contributed by atoms with E-state index in [1.165, 1.54) is 5.56 Å². The van der Waals surface area contributed by atoms with Gasteiger partial charge in [0.1, 0.15) is 0 Å². The number of fused-ring (bicyclic) bond motifs is 1. The SMILES string of the molecule is CC[C@H]1C(C)[C@@H](N)c2cc(C)ccc2N1C(C)=O. The first kappa shape index (κ1) is 13.1. The molecule has 1 unspecified atom stereocenters. The first-order valence-electron chi connectivity index (χ1n) is 6.63. The van der Waals surface area contributed by atoms with Gasteiger partial charge in [-0.3, -0.25) is 4.79 Å². The van der Waals surface area contributed by atoms with Crippen molar-refractivity contribution in [1.82, 2.24) is 0 Å². The third-order valence-corrected chi connectivity index (χ3v) is 4.06. The molecule has 1 aromatic rings.